The standard InChI is InChI=1S/C35H26N4O23S6/c40-25-13-17(63(45,46)47)11-19-27(65(51,52)53)7-5-23(31(19)25)36-21-3-1-15(9-29(21)67(57,58)59)33(42)38-35(44)39-34(43)16-2-4-22(30(10-16)68(60,61)62)37-24-6-8-28(66(54,55)56)20-12-18(64(48,49)50)14-26(41)32(20)24/h1-14,36-37,40-41H,(H,45,46,47)(H,48,49,50)(H,51,52,53)(H,54,55,56)(H,57,58,59)(H,60,61,62)(H2,38,39,42,43,44). The Morgan fingerprint density at radius 1 is 0.368 bits per heavy atom. The van der Waals surface area contributed by atoms with Crippen LogP contribution in [0.2, 0.25) is 0 Å². The number of phenolic OH excluding ortho intramolecular Hbond substituents is 2. The van der Waals surface area contributed by atoms with Crippen LogP contribution in [0.3, 0.4) is 0 Å². The van der Waals surface area contributed by atoms with E-state index in [0.717, 1.165) is 36.4 Å². The van der Waals surface area contributed by atoms with Gasteiger partial charge in [0.1, 0.15) is 31.1 Å². The van der Waals surface area contributed by atoms with Gasteiger partial charge in [-0.2, -0.15) is 50.5 Å². The van der Waals surface area contributed by atoms with Crippen molar-refractivity contribution in [2.75, 3.05) is 10.6 Å². The molecule has 0 saturated heterocycles. The van der Waals surface area contributed by atoms with Crippen LogP contribution in [0, 0.1) is 0 Å². The van der Waals surface area contributed by atoms with Crippen molar-refractivity contribution in [3.8, 4) is 11.5 Å². The number of phenols is 2. The van der Waals surface area contributed by atoms with Crippen molar-refractivity contribution in [2.24, 2.45) is 0 Å². The third-order valence-electron chi connectivity index (χ3n) is 9.24. The lowest BCUT2D eigenvalue weighted by Gasteiger charge is -2.16. The summed E-state index contributed by atoms with van der Waals surface area (Å²) in [6.07, 6.45) is 0. The number of nitrogens with one attached hydrogen (secondary N) is 4. The molecule has 6 aromatic rings. The van der Waals surface area contributed by atoms with Gasteiger partial charge in [0.2, 0.25) is 0 Å². The molecule has 0 aliphatic carbocycles. The quantitative estimate of drug-likeness (QED) is 0.0784. The van der Waals surface area contributed by atoms with Crippen LogP contribution in [0.25, 0.3) is 21.5 Å². The van der Waals surface area contributed by atoms with Gasteiger partial charge in [0.25, 0.3) is 72.5 Å². The van der Waals surface area contributed by atoms with E-state index in [1.54, 1.807) is 10.6 Å². The third-order valence-corrected chi connectivity index (χ3v) is 14.5. The van der Waals surface area contributed by atoms with E-state index in [2.05, 4.69) is 10.6 Å². The highest BCUT2D eigenvalue weighted by Crippen LogP contribution is 2.42. The maximum atomic E-state index is 13.1. The third kappa shape index (κ3) is 10.6. The van der Waals surface area contributed by atoms with Crippen LogP contribution in [0.4, 0.5) is 27.5 Å². The van der Waals surface area contributed by atoms with E-state index in [9.17, 15) is 102 Å². The molecule has 6 rings (SSSR count). The van der Waals surface area contributed by atoms with Crippen LogP contribution in [0.15, 0.2) is 114 Å². The summed E-state index contributed by atoms with van der Waals surface area (Å²) in [5, 5.41) is 26.9. The Morgan fingerprint density at radius 2 is 0.676 bits per heavy atom. The fraction of sp³-hybridized carbons (Fsp3) is 0. The van der Waals surface area contributed by atoms with E-state index in [1.807, 2.05) is 0 Å². The molecule has 0 radical (unpaired) electrons. The van der Waals surface area contributed by atoms with E-state index in [1.165, 1.54) is 0 Å². The number of benzene rings is 6. The second kappa shape index (κ2) is 17.3. The molecule has 0 spiro atoms. The Labute approximate surface area is 381 Å². The minimum absolute atomic E-state index is 0.410. The number of aromatic hydroxyl groups is 2. The fourth-order valence-corrected chi connectivity index (χ4v) is 10.2. The summed E-state index contributed by atoms with van der Waals surface area (Å²) in [5.41, 5.74) is -3.46. The number of urea groups is 1. The number of rotatable bonds is 12. The molecule has 0 aromatic heterocycles. The van der Waals surface area contributed by atoms with Gasteiger partial charge in [-0.25, -0.2) is 4.79 Å². The first-order chi connectivity index (χ1) is 31.0. The minimum atomic E-state index is -5.34. The molecule has 12 N–H and O–H groups in total. The van der Waals surface area contributed by atoms with Gasteiger partial charge in [-0.15, -0.1) is 0 Å². The second-order valence-electron chi connectivity index (χ2n) is 13.7. The highest BCUT2D eigenvalue weighted by atomic mass is 32.2. The number of hydrogen-bond donors (Lipinski definition) is 12. The molecule has 0 aliphatic heterocycles. The number of hydrogen-bond acceptors (Lipinski definition) is 19. The Bertz CT molecular complexity index is 3680. The van der Waals surface area contributed by atoms with E-state index in [0.29, 0.717) is 48.5 Å². The van der Waals surface area contributed by atoms with Crippen LogP contribution >= 0.6 is 0 Å². The van der Waals surface area contributed by atoms with Crippen molar-refractivity contribution in [3.05, 3.63) is 96.1 Å². The zero-order valence-electron chi connectivity index (χ0n) is 32.7. The maximum Gasteiger partial charge on any atom is 0.328 e. The molecule has 0 unspecified atom stereocenters. The van der Waals surface area contributed by atoms with Gasteiger partial charge in [-0.3, -0.25) is 47.5 Å². The number of fused-ring (bicyclic) bond motifs is 2. The van der Waals surface area contributed by atoms with Crippen molar-refractivity contribution in [3.63, 3.8) is 0 Å². The van der Waals surface area contributed by atoms with Gasteiger partial charge >= 0.3 is 6.03 Å². The SMILES string of the molecule is O=C(NC(=O)c1ccc(Nc2ccc(S(=O)(=O)O)c3cc(S(=O)(=O)O)cc(O)c23)c(S(=O)(=O)O)c1)NC(=O)c1ccc(Nc2ccc(S(=O)(=O)O)c3cc(S(=O)(=O)O)cc(O)c23)c(S(=O)(=O)O)c1. The average Bonchev–Trinajstić information content (AvgIpc) is 3.18. The first-order valence-electron chi connectivity index (χ1n) is 17.5. The summed E-state index contributed by atoms with van der Waals surface area (Å²) < 4.78 is 204. The van der Waals surface area contributed by atoms with Gasteiger partial charge in [-0.05, 0) is 72.8 Å². The molecule has 360 valence electrons. The zero-order chi connectivity index (χ0) is 50.9. The number of carbonyl (C=O) groups excluding carboxylic acids is 3. The van der Waals surface area contributed by atoms with Crippen LogP contribution < -0.4 is 21.3 Å². The number of anilines is 4. The van der Waals surface area contributed by atoms with E-state index in [4.69, 9.17) is 0 Å². The van der Waals surface area contributed by atoms with Crippen LogP contribution in [0.1, 0.15) is 20.7 Å². The average molecular weight is 1060 g/mol. The second-order valence-corrected chi connectivity index (χ2v) is 22.1. The monoisotopic (exact) mass is 1060 g/mol. The Morgan fingerprint density at radius 3 is 0.971 bits per heavy atom. The molecule has 0 saturated carbocycles. The molecule has 0 bridgehead atoms. The molecular formula is C35H26N4O23S6. The smallest absolute Gasteiger partial charge is 0.328 e. The van der Waals surface area contributed by atoms with Crippen LogP contribution in [-0.4, -0.2) is 106 Å². The predicted molar refractivity (Wildman–Crippen MR) is 230 cm³/mol. The van der Waals surface area contributed by atoms with Gasteiger partial charge < -0.3 is 20.8 Å². The topological polar surface area (TPSA) is 466 Å². The molecule has 68 heavy (non-hydrogen) atoms. The van der Waals surface area contributed by atoms with Crippen LogP contribution in [-0.2, 0) is 60.7 Å². The summed E-state index contributed by atoms with van der Waals surface area (Å²) >= 11 is 0. The molecule has 6 aromatic carbocycles. The van der Waals surface area contributed by atoms with Gasteiger partial charge in [0, 0.05) is 44.8 Å². The molecule has 0 fully saturated rings. The predicted octanol–water partition coefficient (Wildman–Crippen LogP) is 2.65. The highest BCUT2D eigenvalue weighted by molar-refractivity contribution is 7.87. The lowest BCUT2D eigenvalue weighted by atomic mass is 10.1. The van der Waals surface area contributed by atoms with Crippen LogP contribution in [0.5, 0.6) is 11.5 Å². The first kappa shape index (κ1) is 50.5. The molecular weight excluding hydrogens is 1040 g/mol. The molecule has 0 aliphatic rings. The van der Waals surface area contributed by atoms with E-state index < -0.39 is 175 Å². The van der Waals surface area contributed by atoms with Crippen molar-refractivity contribution in [2.45, 2.75) is 29.4 Å². The zero-order valence-corrected chi connectivity index (χ0v) is 37.6. The maximum absolute atomic E-state index is 13.1. The fourth-order valence-electron chi connectivity index (χ4n) is 6.41. The van der Waals surface area contributed by atoms with E-state index in [-0.39, 0.29) is 0 Å². The molecule has 33 heteroatoms. The summed E-state index contributed by atoms with van der Waals surface area (Å²) in [6.45, 7) is 0. The normalized spacial score (nSPS) is 12.7. The molecule has 4 amide bonds. The van der Waals surface area contributed by atoms with Gasteiger partial charge in [0.15, 0.2) is 0 Å². The summed E-state index contributed by atoms with van der Waals surface area (Å²) in [4.78, 5) is 32.7. The molecule has 27 nitrogen and oxygen atoms in total. The Balaban J connectivity index is 1.27. The van der Waals surface area contributed by atoms with Crippen molar-refractivity contribution in [1.82, 2.24) is 10.6 Å². The van der Waals surface area contributed by atoms with Crippen molar-refractivity contribution >= 4 is 123 Å². The summed E-state index contributed by atoms with van der Waals surface area (Å²) in [5.74, 6) is -4.97. The highest BCUT2D eigenvalue weighted by Gasteiger charge is 2.28. The lowest BCUT2D eigenvalue weighted by molar-refractivity contribution is 0.0944. The Kier molecular flexibility index (Phi) is 12.9. The number of amides is 4. The van der Waals surface area contributed by atoms with Gasteiger partial charge in [0.05, 0.1) is 32.5 Å². The molecule has 0 atom stereocenters. The minimum Gasteiger partial charge on any atom is -0.507 e. The number of carbonyl (C=O) groups is 3. The first-order valence-corrected chi connectivity index (χ1v) is 26.1. The Hall–Kier alpha value is -6.89. The summed E-state index contributed by atoms with van der Waals surface area (Å²) in [7, 11) is -31.1. The van der Waals surface area contributed by atoms with Gasteiger partial charge in [-0.1, -0.05) is 0 Å². The lowest BCUT2D eigenvalue weighted by Crippen LogP contribution is -2.42. The largest absolute Gasteiger partial charge is 0.507 e. The van der Waals surface area contributed by atoms with E-state index >= 15 is 0 Å². The summed E-state index contributed by atoms with van der Waals surface area (Å²) in [6, 6.07) is 7.81. The van der Waals surface area contributed by atoms with Crippen molar-refractivity contribution in [1.29, 1.82) is 0 Å². The molecule has 0 heterocycles. The number of imide groups is 2. The van der Waals surface area contributed by atoms with Crippen molar-refractivity contribution < 1.29 is 102 Å².